The van der Waals surface area contributed by atoms with E-state index in [2.05, 4.69) is 20.5 Å². The first-order chi connectivity index (χ1) is 12.9. The smallest absolute Gasteiger partial charge is 0.248 e. The molecule has 8 nitrogen and oxygen atoms in total. The molecule has 0 saturated carbocycles. The normalized spacial score (nSPS) is 18.0. The highest BCUT2D eigenvalue weighted by Crippen LogP contribution is 2.28. The molecule has 1 aromatic carbocycles. The van der Waals surface area contributed by atoms with Crippen molar-refractivity contribution in [3.63, 3.8) is 0 Å². The van der Waals surface area contributed by atoms with Gasteiger partial charge in [-0.2, -0.15) is 5.10 Å². The maximum Gasteiger partial charge on any atom is 0.248 e. The van der Waals surface area contributed by atoms with Crippen molar-refractivity contribution in [2.45, 2.75) is 36.2 Å². The summed E-state index contributed by atoms with van der Waals surface area (Å²) in [4.78, 5) is 13.4. The van der Waals surface area contributed by atoms with Crippen LogP contribution in [0, 0.1) is 0 Å². The number of amides is 1. The second-order valence-corrected chi connectivity index (χ2v) is 8.59. The maximum atomic E-state index is 13.2. The Hall–Kier alpha value is -2.23. The van der Waals surface area contributed by atoms with Gasteiger partial charge in [0.2, 0.25) is 15.9 Å². The van der Waals surface area contributed by atoms with Crippen molar-refractivity contribution in [1.29, 1.82) is 0 Å². The summed E-state index contributed by atoms with van der Waals surface area (Å²) >= 11 is 0. The van der Waals surface area contributed by atoms with Crippen molar-refractivity contribution < 1.29 is 13.2 Å². The quantitative estimate of drug-likeness (QED) is 0.674. The lowest BCUT2D eigenvalue weighted by Gasteiger charge is -2.37. The average Bonchev–Trinajstić information content (AvgIpc) is 3.24. The summed E-state index contributed by atoms with van der Waals surface area (Å²) in [7, 11) is -2.16. The third-order valence-electron chi connectivity index (χ3n) is 5.08. The molecule has 1 aliphatic heterocycles. The predicted octanol–water partition coefficient (Wildman–Crippen LogP) is 0.747. The molecule has 1 unspecified atom stereocenters. The van der Waals surface area contributed by atoms with E-state index in [1.165, 1.54) is 13.1 Å². The van der Waals surface area contributed by atoms with Crippen LogP contribution in [0.25, 0.3) is 0 Å². The Morgan fingerprint density at radius 3 is 2.67 bits per heavy atom. The number of hydrogen-bond donors (Lipinski definition) is 3. The number of piperidine rings is 1. The van der Waals surface area contributed by atoms with E-state index in [1.807, 2.05) is 25.3 Å². The van der Waals surface area contributed by atoms with Crippen molar-refractivity contribution in [2.75, 3.05) is 20.1 Å². The molecule has 2 heterocycles. The van der Waals surface area contributed by atoms with Crippen LogP contribution >= 0.6 is 0 Å². The lowest BCUT2D eigenvalue weighted by molar-refractivity contribution is -0.132. The molecule has 146 valence electrons. The fraction of sp³-hybridized carbons (Fsp3) is 0.444. The molecule has 1 saturated heterocycles. The van der Waals surface area contributed by atoms with Gasteiger partial charge in [-0.05, 0) is 63.7 Å². The van der Waals surface area contributed by atoms with Gasteiger partial charge in [-0.15, -0.1) is 0 Å². The fourth-order valence-electron chi connectivity index (χ4n) is 3.41. The molecule has 1 atom stereocenters. The minimum Gasteiger partial charge on any atom is -0.347 e. The van der Waals surface area contributed by atoms with Crippen LogP contribution in [-0.2, 0) is 20.4 Å². The Morgan fingerprint density at radius 2 is 2.04 bits per heavy atom. The summed E-state index contributed by atoms with van der Waals surface area (Å²) in [5, 5.41) is 10.6. The van der Waals surface area contributed by atoms with E-state index < -0.39 is 15.6 Å². The molecule has 1 amide bonds. The Bertz CT molecular complexity index is 889. The number of nitrogens with one attached hydrogen (secondary N) is 3. The van der Waals surface area contributed by atoms with Crippen molar-refractivity contribution in [3.8, 4) is 0 Å². The topological polar surface area (TPSA) is 105 Å². The van der Waals surface area contributed by atoms with Crippen LogP contribution in [0.15, 0.2) is 47.6 Å². The molecule has 3 rings (SSSR count). The lowest BCUT2D eigenvalue weighted by atomic mass is 9.87. The Morgan fingerprint density at radius 1 is 1.30 bits per heavy atom. The maximum absolute atomic E-state index is 13.2. The number of carbonyl (C=O) groups excluding carboxylic acids is 1. The van der Waals surface area contributed by atoms with E-state index >= 15 is 0 Å². The zero-order chi connectivity index (χ0) is 19.5. The van der Waals surface area contributed by atoms with Gasteiger partial charge in [-0.25, -0.2) is 13.1 Å². The summed E-state index contributed by atoms with van der Waals surface area (Å²) in [6, 6.07) is 8.07. The highest BCUT2D eigenvalue weighted by molar-refractivity contribution is 7.89. The first-order valence-corrected chi connectivity index (χ1v) is 10.4. The van der Waals surface area contributed by atoms with Gasteiger partial charge in [-0.1, -0.05) is 12.1 Å². The second-order valence-electron chi connectivity index (χ2n) is 6.71. The van der Waals surface area contributed by atoms with E-state index in [1.54, 1.807) is 23.0 Å². The molecule has 0 spiro atoms. The number of nitrogens with zero attached hydrogens (tertiary/aromatic N) is 2. The van der Waals surface area contributed by atoms with E-state index in [4.69, 9.17) is 0 Å². The van der Waals surface area contributed by atoms with E-state index in [-0.39, 0.29) is 16.8 Å². The predicted molar refractivity (Wildman–Crippen MR) is 102 cm³/mol. The second kappa shape index (κ2) is 7.79. The van der Waals surface area contributed by atoms with Crippen molar-refractivity contribution >= 4 is 15.9 Å². The Labute approximate surface area is 159 Å². The van der Waals surface area contributed by atoms with Crippen molar-refractivity contribution in [2.24, 2.45) is 0 Å². The highest BCUT2D eigenvalue weighted by atomic mass is 32.2. The first kappa shape index (κ1) is 19.5. The van der Waals surface area contributed by atoms with Crippen LogP contribution < -0.4 is 15.4 Å². The van der Waals surface area contributed by atoms with Gasteiger partial charge in [-0.3, -0.25) is 9.48 Å². The number of hydrogen-bond acceptors (Lipinski definition) is 5. The van der Waals surface area contributed by atoms with Gasteiger partial charge in [0, 0.05) is 12.4 Å². The van der Waals surface area contributed by atoms with E-state index in [0.29, 0.717) is 12.8 Å². The molecule has 1 aliphatic rings. The third-order valence-corrected chi connectivity index (χ3v) is 6.49. The zero-order valence-electron chi connectivity index (χ0n) is 15.5. The molecule has 2 aromatic rings. The molecule has 27 heavy (non-hydrogen) atoms. The molecule has 0 aliphatic carbocycles. The van der Waals surface area contributed by atoms with E-state index in [0.717, 1.165) is 18.7 Å². The minimum atomic E-state index is -3.54. The summed E-state index contributed by atoms with van der Waals surface area (Å²) < 4.78 is 28.1. The zero-order valence-corrected chi connectivity index (χ0v) is 16.3. The van der Waals surface area contributed by atoms with Crippen LogP contribution in [0.3, 0.4) is 0 Å². The largest absolute Gasteiger partial charge is 0.347 e. The first-order valence-electron chi connectivity index (χ1n) is 8.94. The molecular formula is C18H25N5O3S. The van der Waals surface area contributed by atoms with Gasteiger partial charge in [0.05, 0.1) is 10.9 Å². The number of benzene rings is 1. The lowest BCUT2D eigenvalue weighted by Crippen LogP contribution is -2.55. The van der Waals surface area contributed by atoms with Gasteiger partial charge in [0.15, 0.2) is 0 Å². The van der Waals surface area contributed by atoms with Gasteiger partial charge in [0.1, 0.15) is 5.54 Å². The van der Waals surface area contributed by atoms with Crippen molar-refractivity contribution in [3.05, 3.63) is 48.3 Å². The summed E-state index contributed by atoms with van der Waals surface area (Å²) in [5.41, 5.74) is -0.0123. The molecule has 9 heteroatoms. The Kier molecular flexibility index (Phi) is 5.64. The highest BCUT2D eigenvalue weighted by Gasteiger charge is 2.42. The van der Waals surface area contributed by atoms with Gasteiger partial charge in [0.25, 0.3) is 0 Å². The van der Waals surface area contributed by atoms with Gasteiger partial charge < -0.3 is 10.6 Å². The monoisotopic (exact) mass is 391 g/mol. The third kappa shape index (κ3) is 3.90. The number of carbonyl (C=O) groups is 1. The molecule has 1 fully saturated rings. The average molecular weight is 391 g/mol. The van der Waals surface area contributed by atoms with E-state index in [9.17, 15) is 13.2 Å². The number of rotatable bonds is 6. The number of aromatic nitrogens is 2. The summed E-state index contributed by atoms with van der Waals surface area (Å²) in [5.74, 6) is -0.109. The van der Waals surface area contributed by atoms with Crippen LogP contribution in [0.1, 0.15) is 31.4 Å². The molecule has 1 aromatic heterocycles. The Balaban J connectivity index is 1.83. The van der Waals surface area contributed by atoms with Gasteiger partial charge >= 0.3 is 0 Å². The van der Waals surface area contributed by atoms with Crippen LogP contribution in [0.2, 0.25) is 0 Å². The van der Waals surface area contributed by atoms with Crippen LogP contribution in [0.4, 0.5) is 0 Å². The van der Waals surface area contributed by atoms with Crippen LogP contribution in [0.5, 0.6) is 0 Å². The summed E-state index contributed by atoms with van der Waals surface area (Å²) in [6.45, 7) is 3.32. The summed E-state index contributed by atoms with van der Waals surface area (Å²) in [6.07, 6.45) is 4.77. The number of sulfonamides is 1. The van der Waals surface area contributed by atoms with Crippen LogP contribution in [-0.4, -0.2) is 44.2 Å². The molecule has 0 radical (unpaired) electrons. The molecular weight excluding hydrogens is 366 g/mol. The molecule has 0 bridgehead atoms. The standard InChI is InChI=1S/C18H25N5O3S/c1-14(15-5-3-6-16(13-15)27(25,26)19-2)22-17(24)18(7-10-20-11-8-18)23-12-4-9-21-23/h3-6,9,12-14,19-20H,7-8,10-11H2,1-2H3,(H,22,24). The molecule has 3 N–H and O–H groups in total. The minimum absolute atomic E-state index is 0.109. The SMILES string of the molecule is CNS(=O)(=O)c1cccc(C(C)NC(=O)C2(n3cccn3)CCNCC2)c1. The fourth-order valence-corrected chi connectivity index (χ4v) is 4.19. The van der Waals surface area contributed by atoms with Crippen molar-refractivity contribution in [1.82, 2.24) is 25.1 Å².